The molecule has 3 aliphatic rings. The number of rotatable bonds is 4. The van der Waals surface area contributed by atoms with Crippen molar-refractivity contribution in [2.75, 3.05) is 13.1 Å². The number of allylic oxidation sites excluding steroid dienone is 1. The van der Waals surface area contributed by atoms with Crippen LogP contribution in [-0.2, 0) is 10.9 Å². The molecule has 0 aromatic heterocycles. The van der Waals surface area contributed by atoms with Crippen molar-refractivity contribution in [1.29, 1.82) is 0 Å². The number of nitrogens with zero attached hydrogens (tertiary/aromatic N) is 2. The maximum atomic E-state index is 13.4. The minimum atomic E-state index is -4.49. The van der Waals surface area contributed by atoms with Crippen LogP contribution < -0.4 is 5.32 Å². The van der Waals surface area contributed by atoms with Crippen molar-refractivity contribution in [3.8, 4) is 0 Å². The molecule has 3 heterocycles. The summed E-state index contributed by atoms with van der Waals surface area (Å²) in [6.07, 6.45) is 1.89. The topological polar surface area (TPSA) is 57.1 Å². The third-order valence-electron chi connectivity index (χ3n) is 6.40. The van der Waals surface area contributed by atoms with Gasteiger partial charge in [-0.15, -0.1) is 0 Å². The van der Waals surface area contributed by atoms with E-state index >= 15 is 0 Å². The largest absolute Gasteiger partial charge is 0.475 e. The van der Waals surface area contributed by atoms with Gasteiger partial charge in [-0.2, -0.15) is 13.2 Å². The van der Waals surface area contributed by atoms with Gasteiger partial charge in [0.25, 0.3) is 0 Å². The van der Waals surface area contributed by atoms with Gasteiger partial charge < -0.3 is 15.2 Å². The van der Waals surface area contributed by atoms with E-state index in [0.29, 0.717) is 19.0 Å². The van der Waals surface area contributed by atoms with Crippen molar-refractivity contribution >= 4 is 5.90 Å². The Morgan fingerprint density at radius 3 is 2.56 bits per heavy atom. The van der Waals surface area contributed by atoms with Gasteiger partial charge in [0, 0.05) is 30.3 Å². The van der Waals surface area contributed by atoms with Crippen LogP contribution >= 0.6 is 0 Å². The molecule has 174 valence electrons. The number of halogens is 3. The van der Waals surface area contributed by atoms with Crippen LogP contribution in [0.4, 0.5) is 13.2 Å². The molecule has 2 N–H and O–H groups in total. The first-order valence-electron chi connectivity index (χ1n) is 11.1. The van der Waals surface area contributed by atoms with Crippen LogP contribution in [0.3, 0.4) is 0 Å². The molecule has 0 aliphatic carbocycles. The molecule has 0 spiro atoms. The Hall–Kier alpha value is -2.32. The van der Waals surface area contributed by atoms with Crippen LogP contribution in [0.5, 0.6) is 0 Å². The van der Waals surface area contributed by atoms with Crippen LogP contribution in [0.2, 0.25) is 0 Å². The molecule has 0 bridgehead atoms. The zero-order valence-electron chi connectivity index (χ0n) is 18.6. The number of aliphatic hydroxyl groups excluding tert-OH is 1. The highest BCUT2D eigenvalue weighted by Crippen LogP contribution is 2.39. The normalized spacial score (nSPS) is 27.6. The summed E-state index contributed by atoms with van der Waals surface area (Å²) >= 11 is 0. The van der Waals surface area contributed by atoms with E-state index < -0.39 is 23.5 Å². The number of hydrogen-bond donors (Lipinski definition) is 2. The summed E-state index contributed by atoms with van der Waals surface area (Å²) in [5, 5.41) is 14.3. The van der Waals surface area contributed by atoms with Crippen LogP contribution in [0.25, 0.3) is 0 Å². The molecule has 4 rings (SSSR count). The van der Waals surface area contributed by atoms with E-state index in [1.165, 1.54) is 18.2 Å². The number of benzene rings is 1. The molecular weight excluding hydrogens is 419 g/mol. The molecular formula is C24H30F3N3O2. The van der Waals surface area contributed by atoms with Gasteiger partial charge in [-0.25, -0.2) is 4.99 Å². The summed E-state index contributed by atoms with van der Waals surface area (Å²) in [7, 11) is 0. The minimum absolute atomic E-state index is 0.0505. The van der Waals surface area contributed by atoms with Gasteiger partial charge >= 0.3 is 6.18 Å². The van der Waals surface area contributed by atoms with Crippen LogP contribution in [0, 0.1) is 5.92 Å². The Balaban J connectivity index is 1.43. The molecule has 1 fully saturated rings. The number of ether oxygens (including phenoxy) is 1. The fraction of sp³-hybridized carbons (Fsp3) is 0.542. The zero-order valence-corrected chi connectivity index (χ0v) is 18.6. The van der Waals surface area contributed by atoms with Crippen molar-refractivity contribution in [1.82, 2.24) is 10.2 Å². The molecule has 1 saturated heterocycles. The number of fused-ring (bicyclic) bond motifs is 1. The predicted octanol–water partition coefficient (Wildman–Crippen LogP) is 4.42. The molecule has 1 aromatic carbocycles. The van der Waals surface area contributed by atoms with E-state index in [9.17, 15) is 18.3 Å². The van der Waals surface area contributed by atoms with Crippen molar-refractivity contribution < 1.29 is 23.0 Å². The van der Waals surface area contributed by atoms with E-state index in [0.717, 1.165) is 24.6 Å². The van der Waals surface area contributed by atoms with Crippen LogP contribution in [0.15, 0.2) is 53.2 Å². The van der Waals surface area contributed by atoms with Crippen molar-refractivity contribution in [3.63, 3.8) is 0 Å². The van der Waals surface area contributed by atoms with E-state index in [1.807, 2.05) is 19.9 Å². The van der Waals surface area contributed by atoms with Gasteiger partial charge in [0.15, 0.2) is 0 Å². The molecule has 3 aliphatic heterocycles. The molecule has 0 radical (unpaired) electrons. The average molecular weight is 450 g/mol. The summed E-state index contributed by atoms with van der Waals surface area (Å²) in [6, 6.07) is 5.30. The average Bonchev–Trinajstić information content (AvgIpc) is 3.09. The standard InChI is InChI=1S/C24H30F3N3O2/c1-15(2)32-21-9-8-20-23(3,29-21)14-19(28-20)16-10-12-30(13-11-16)22(31)17-6-4-5-7-18(17)24(25,26)27/h4-9,14-16,20,22,28,31H,10-13H2,1-3H3/t20?,22?,23-/m0/s1. The number of piperidine rings is 1. The monoisotopic (exact) mass is 449 g/mol. The highest BCUT2D eigenvalue weighted by Gasteiger charge is 2.42. The molecule has 0 saturated carbocycles. The fourth-order valence-electron chi connectivity index (χ4n) is 4.74. The van der Waals surface area contributed by atoms with Crippen molar-refractivity contribution in [3.05, 3.63) is 59.3 Å². The smallest absolute Gasteiger partial charge is 0.416 e. The van der Waals surface area contributed by atoms with Crippen LogP contribution in [-0.4, -0.2) is 46.7 Å². The predicted molar refractivity (Wildman–Crippen MR) is 117 cm³/mol. The lowest BCUT2D eigenvalue weighted by atomic mass is 9.90. The van der Waals surface area contributed by atoms with Gasteiger partial charge in [0.2, 0.25) is 5.90 Å². The number of nitrogens with one attached hydrogen (secondary N) is 1. The quantitative estimate of drug-likeness (QED) is 0.715. The summed E-state index contributed by atoms with van der Waals surface area (Å²) in [6.45, 7) is 7.03. The lowest BCUT2D eigenvalue weighted by Gasteiger charge is -2.36. The Morgan fingerprint density at radius 2 is 1.91 bits per heavy atom. The van der Waals surface area contributed by atoms with Gasteiger partial charge in [-0.05, 0) is 51.8 Å². The highest BCUT2D eigenvalue weighted by molar-refractivity contribution is 5.89. The second-order valence-corrected chi connectivity index (χ2v) is 9.19. The Labute approximate surface area is 186 Å². The molecule has 3 atom stereocenters. The lowest BCUT2D eigenvalue weighted by Crippen LogP contribution is -2.43. The minimum Gasteiger partial charge on any atom is -0.475 e. The first-order valence-corrected chi connectivity index (χ1v) is 11.1. The second-order valence-electron chi connectivity index (χ2n) is 9.19. The van der Waals surface area contributed by atoms with E-state index in [1.54, 1.807) is 4.90 Å². The van der Waals surface area contributed by atoms with Crippen molar-refractivity contribution in [2.24, 2.45) is 10.9 Å². The number of likely N-dealkylation sites (tertiary alicyclic amines) is 1. The number of hydrogen-bond acceptors (Lipinski definition) is 5. The van der Waals surface area contributed by atoms with Gasteiger partial charge in [0.05, 0.1) is 17.7 Å². The van der Waals surface area contributed by atoms with Gasteiger partial charge in [-0.3, -0.25) is 4.90 Å². The zero-order chi connectivity index (χ0) is 23.1. The summed E-state index contributed by atoms with van der Waals surface area (Å²) in [5.41, 5.74) is -0.180. The third kappa shape index (κ3) is 4.57. The number of alkyl halides is 3. The number of dihydropyridines is 1. The van der Waals surface area contributed by atoms with Crippen LogP contribution in [0.1, 0.15) is 51.0 Å². The second kappa shape index (κ2) is 8.56. The summed E-state index contributed by atoms with van der Waals surface area (Å²) < 4.78 is 45.8. The molecule has 5 nitrogen and oxygen atoms in total. The molecule has 0 amide bonds. The van der Waals surface area contributed by atoms with Gasteiger partial charge in [0.1, 0.15) is 11.8 Å². The first kappa shape index (κ1) is 22.9. The lowest BCUT2D eigenvalue weighted by molar-refractivity contribution is -0.141. The molecule has 8 heteroatoms. The van der Waals surface area contributed by atoms with E-state index in [2.05, 4.69) is 24.4 Å². The van der Waals surface area contributed by atoms with Gasteiger partial charge in [-0.1, -0.05) is 24.3 Å². The van der Waals surface area contributed by atoms with Crippen molar-refractivity contribution in [2.45, 2.75) is 63.7 Å². The summed E-state index contributed by atoms with van der Waals surface area (Å²) in [4.78, 5) is 6.51. The Bertz CT molecular complexity index is 933. The molecule has 1 aromatic rings. The van der Waals surface area contributed by atoms with E-state index in [-0.39, 0.29) is 23.6 Å². The molecule has 2 unspecified atom stereocenters. The Kier molecular flexibility index (Phi) is 6.11. The first-order chi connectivity index (χ1) is 15.1. The fourth-order valence-corrected chi connectivity index (χ4v) is 4.74. The number of aliphatic hydroxyl groups is 1. The third-order valence-corrected chi connectivity index (χ3v) is 6.40. The maximum absolute atomic E-state index is 13.4. The maximum Gasteiger partial charge on any atom is 0.416 e. The summed E-state index contributed by atoms with van der Waals surface area (Å²) in [5.74, 6) is 0.871. The van der Waals surface area contributed by atoms with E-state index in [4.69, 9.17) is 9.73 Å². The Morgan fingerprint density at radius 1 is 1.22 bits per heavy atom. The number of aliphatic imine (C=N–C) groups is 1. The SMILES string of the molecule is CC(C)OC1=N[C@@]2(C)C=C(C3CCN(C(O)c4ccccc4C(F)(F)F)CC3)NC2C=C1. The highest BCUT2D eigenvalue weighted by atomic mass is 19.4. The molecule has 32 heavy (non-hydrogen) atoms.